The lowest BCUT2D eigenvalue weighted by atomic mass is 10.1. The Balaban J connectivity index is 1.89. The third kappa shape index (κ3) is 3.42. The van der Waals surface area contributed by atoms with Crippen molar-refractivity contribution in [3.05, 3.63) is 29.8 Å². The third-order valence-electron chi connectivity index (χ3n) is 2.57. The summed E-state index contributed by atoms with van der Waals surface area (Å²) in [5.41, 5.74) is 0.976. The molecule has 1 atom stereocenters. The molecule has 16 heavy (non-hydrogen) atoms. The van der Waals surface area contributed by atoms with E-state index in [0.717, 1.165) is 22.8 Å². The van der Waals surface area contributed by atoms with Crippen LogP contribution in [0.2, 0.25) is 0 Å². The van der Waals surface area contributed by atoms with Crippen LogP contribution >= 0.6 is 11.8 Å². The second kappa shape index (κ2) is 5.60. The second-order valence-corrected chi connectivity index (χ2v) is 5.38. The maximum atomic E-state index is 9.88. The molecule has 88 valence electrons. The molecule has 1 N–H and O–H groups in total. The number of aliphatic hydroxyl groups excluding tert-OH is 1. The molecule has 0 aromatic heterocycles. The summed E-state index contributed by atoms with van der Waals surface area (Å²) in [6.45, 7) is 2.10. The Morgan fingerprint density at radius 1 is 1.38 bits per heavy atom. The van der Waals surface area contributed by atoms with E-state index >= 15 is 0 Å². The molecule has 0 saturated heterocycles. The lowest BCUT2D eigenvalue weighted by molar-refractivity contribution is 0.204. The molecule has 3 heteroatoms. The summed E-state index contributed by atoms with van der Waals surface area (Å²) in [6.07, 6.45) is 2.43. The van der Waals surface area contributed by atoms with Crippen molar-refractivity contribution in [1.29, 1.82) is 0 Å². The summed E-state index contributed by atoms with van der Waals surface area (Å²) >= 11 is 1.75. The van der Waals surface area contributed by atoms with E-state index in [2.05, 4.69) is 6.92 Å². The zero-order valence-corrected chi connectivity index (χ0v) is 10.4. The average Bonchev–Trinajstić information content (AvgIpc) is 3.11. The van der Waals surface area contributed by atoms with Crippen LogP contribution in [-0.4, -0.2) is 22.7 Å². The van der Waals surface area contributed by atoms with Gasteiger partial charge < -0.3 is 9.84 Å². The van der Waals surface area contributed by atoms with Crippen LogP contribution in [0.1, 0.15) is 31.4 Å². The number of aliphatic hydroxyl groups is 1. The number of rotatable bonds is 6. The highest BCUT2D eigenvalue weighted by atomic mass is 32.2. The molecule has 1 aliphatic carbocycles. The van der Waals surface area contributed by atoms with Crippen LogP contribution in [0.3, 0.4) is 0 Å². The van der Waals surface area contributed by atoms with Gasteiger partial charge in [0.25, 0.3) is 0 Å². The van der Waals surface area contributed by atoms with E-state index in [1.807, 2.05) is 24.3 Å². The minimum atomic E-state index is -0.361. The zero-order chi connectivity index (χ0) is 11.4. The van der Waals surface area contributed by atoms with E-state index in [1.165, 1.54) is 12.8 Å². The molecular weight excluding hydrogens is 220 g/mol. The lowest BCUT2D eigenvalue weighted by Gasteiger charge is -2.11. The Labute approximate surface area is 101 Å². The van der Waals surface area contributed by atoms with Crippen molar-refractivity contribution in [3.8, 4) is 5.75 Å². The number of hydrogen-bond acceptors (Lipinski definition) is 3. The van der Waals surface area contributed by atoms with Gasteiger partial charge in [-0.3, -0.25) is 0 Å². The molecule has 0 aliphatic heterocycles. The van der Waals surface area contributed by atoms with Crippen molar-refractivity contribution in [2.75, 3.05) is 11.5 Å². The van der Waals surface area contributed by atoms with Gasteiger partial charge in [0.1, 0.15) is 5.75 Å². The van der Waals surface area contributed by atoms with Crippen molar-refractivity contribution in [1.82, 2.24) is 0 Å². The van der Waals surface area contributed by atoms with Crippen molar-refractivity contribution in [2.24, 2.45) is 0 Å². The predicted molar refractivity (Wildman–Crippen MR) is 68.1 cm³/mol. The molecule has 0 radical (unpaired) electrons. The van der Waals surface area contributed by atoms with E-state index in [4.69, 9.17) is 4.74 Å². The molecule has 0 heterocycles. The summed E-state index contributed by atoms with van der Waals surface area (Å²) in [7, 11) is 0. The number of thioether (sulfide) groups is 1. The normalized spacial score (nSPS) is 17.1. The fourth-order valence-corrected chi connectivity index (χ4v) is 2.12. The Morgan fingerprint density at radius 2 is 2.06 bits per heavy atom. The van der Waals surface area contributed by atoms with Crippen LogP contribution in [0.5, 0.6) is 5.75 Å². The minimum absolute atomic E-state index is 0.361. The van der Waals surface area contributed by atoms with Crippen LogP contribution in [0.4, 0.5) is 0 Å². The largest absolute Gasteiger partial charge is 0.490 e. The summed E-state index contributed by atoms with van der Waals surface area (Å²) in [4.78, 5) is 0. The Bertz CT molecular complexity index is 319. The Hall–Kier alpha value is -0.670. The molecule has 1 fully saturated rings. The van der Waals surface area contributed by atoms with E-state index in [1.54, 1.807) is 11.8 Å². The van der Waals surface area contributed by atoms with Crippen molar-refractivity contribution >= 4 is 11.8 Å². The van der Waals surface area contributed by atoms with Crippen LogP contribution in [0, 0.1) is 0 Å². The van der Waals surface area contributed by atoms with Gasteiger partial charge >= 0.3 is 0 Å². The molecule has 1 aromatic carbocycles. The molecule has 0 bridgehead atoms. The quantitative estimate of drug-likeness (QED) is 0.826. The smallest absolute Gasteiger partial charge is 0.119 e. The van der Waals surface area contributed by atoms with Crippen LogP contribution in [0.25, 0.3) is 0 Å². The first-order valence-electron chi connectivity index (χ1n) is 5.82. The number of benzene rings is 1. The standard InChI is InChI=1S/C13H18O2S/c1-2-16-9-13(14)10-3-5-11(6-4-10)15-12-7-8-12/h3-6,12-14H,2,7-9H2,1H3. The molecule has 1 aliphatic rings. The molecule has 1 saturated carbocycles. The molecule has 2 rings (SSSR count). The highest BCUT2D eigenvalue weighted by molar-refractivity contribution is 7.99. The topological polar surface area (TPSA) is 29.5 Å². The number of hydrogen-bond donors (Lipinski definition) is 1. The van der Waals surface area contributed by atoms with E-state index < -0.39 is 0 Å². The monoisotopic (exact) mass is 238 g/mol. The van der Waals surface area contributed by atoms with Crippen LogP contribution in [-0.2, 0) is 0 Å². The first-order valence-corrected chi connectivity index (χ1v) is 6.97. The van der Waals surface area contributed by atoms with Gasteiger partial charge in [-0.15, -0.1) is 0 Å². The van der Waals surface area contributed by atoms with Gasteiger partial charge in [-0.25, -0.2) is 0 Å². The van der Waals surface area contributed by atoms with Gasteiger partial charge in [-0.2, -0.15) is 11.8 Å². The fraction of sp³-hybridized carbons (Fsp3) is 0.538. The zero-order valence-electron chi connectivity index (χ0n) is 9.56. The van der Waals surface area contributed by atoms with Crippen molar-refractivity contribution in [2.45, 2.75) is 32.0 Å². The van der Waals surface area contributed by atoms with E-state index in [0.29, 0.717) is 6.10 Å². The molecule has 1 aromatic rings. The lowest BCUT2D eigenvalue weighted by Crippen LogP contribution is -2.01. The summed E-state index contributed by atoms with van der Waals surface area (Å²) < 4.78 is 5.65. The molecule has 0 amide bonds. The van der Waals surface area contributed by atoms with Crippen LogP contribution < -0.4 is 4.74 Å². The first-order chi connectivity index (χ1) is 7.79. The molecule has 2 nitrogen and oxygen atoms in total. The van der Waals surface area contributed by atoms with E-state index in [9.17, 15) is 5.11 Å². The van der Waals surface area contributed by atoms with Gasteiger partial charge in [-0.1, -0.05) is 19.1 Å². The average molecular weight is 238 g/mol. The van der Waals surface area contributed by atoms with Crippen molar-refractivity contribution in [3.63, 3.8) is 0 Å². The van der Waals surface area contributed by atoms with Crippen molar-refractivity contribution < 1.29 is 9.84 Å². The number of ether oxygens (including phenoxy) is 1. The highest BCUT2D eigenvalue weighted by Gasteiger charge is 2.23. The minimum Gasteiger partial charge on any atom is -0.490 e. The fourth-order valence-electron chi connectivity index (χ4n) is 1.47. The Morgan fingerprint density at radius 3 is 2.62 bits per heavy atom. The first kappa shape index (κ1) is 11.8. The van der Waals surface area contributed by atoms with Gasteiger partial charge in [-0.05, 0) is 36.3 Å². The van der Waals surface area contributed by atoms with Gasteiger partial charge in [0.2, 0.25) is 0 Å². The summed E-state index contributed by atoms with van der Waals surface area (Å²) in [5.74, 6) is 2.72. The van der Waals surface area contributed by atoms with Gasteiger partial charge in [0.05, 0.1) is 12.2 Å². The molecule has 1 unspecified atom stereocenters. The SMILES string of the molecule is CCSCC(O)c1ccc(OC2CC2)cc1. The summed E-state index contributed by atoms with van der Waals surface area (Å²) in [5, 5.41) is 9.88. The Kier molecular flexibility index (Phi) is 4.13. The molecule has 0 spiro atoms. The maximum absolute atomic E-state index is 9.88. The molecular formula is C13H18O2S. The maximum Gasteiger partial charge on any atom is 0.119 e. The third-order valence-corrected chi connectivity index (χ3v) is 3.53. The second-order valence-electron chi connectivity index (χ2n) is 4.06. The van der Waals surface area contributed by atoms with E-state index in [-0.39, 0.29) is 6.10 Å². The summed E-state index contributed by atoms with van der Waals surface area (Å²) in [6, 6.07) is 7.82. The van der Waals surface area contributed by atoms with Gasteiger partial charge in [0, 0.05) is 5.75 Å². The predicted octanol–water partition coefficient (Wildman–Crippen LogP) is 3.01. The highest BCUT2D eigenvalue weighted by Crippen LogP contribution is 2.28. The van der Waals surface area contributed by atoms with Crippen LogP contribution in [0.15, 0.2) is 24.3 Å². The van der Waals surface area contributed by atoms with Gasteiger partial charge in [0.15, 0.2) is 0 Å².